The lowest BCUT2D eigenvalue weighted by Crippen LogP contribution is -2.52. The van der Waals surface area contributed by atoms with Crippen molar-refractivity contribution in [3.63, 3.8) is 0 Å². The topological polar surface area (TPSA) is 19.0 Å². The summed E-state index contributed by atoms with van der Waals surface area (Å²) < 4.78 is 6.47. The van der Waals surface area contributed by atoms with Crippen LogP contribution in [0.25, 0.3) is 0 Å². The molecule has 0 N–H and O–H groups in total. The Bertz CT molecular complexity index is 843. The molecule has 2 aromatic carbocycles. The summed E-state index contributed by atoms with van der Waals surface area (Å²) in [6.07, 6.45) is 2.97. The van der Waals surface area contributed by atoms with E-state index in [4.69, 9.17) is 4.74 Å². The second-order valence-electron chi connectivity index (χ2n) is 8.25. The molecule has 0 saturated carbocycles. The van der Waals surface area contributed by atoms with Gasteiger partial charge >= 0.3 is 0 Å². The summed E-state index contributed by atoms with van der Waals surface area (Å²) in [7, 11) is 0. The van der Waals surface area contributed by atoms with Crippen LogP contribution >= 0.6 is 0 Å². The Kier molecular flexibility index (Phi) is 3.24. The Hall–Kier alpha value is -2.20. The highest BCUT2D eigenvalue weighted by molar-refractivity contribution is 5.68. The van der Waals surface area contributed by atoms with Crippen molar-refractivity contribution in [2.45, 2.75) is 32.0 Å². The van der Waals surface area contributed by atoms with Gasteiger partial charge in [-0.25, -0.2) is 0 Å². The predicted octanol–water partition coefficient (Wildman–Crippen LogP) is 3.46. The third kappa shape index (κ3) is 2.32. The van der Waals surface area contributed by atoms with Gasteiger partial charge in [-0.2, -0.15) is 0 Å². The molecule has 4 heteroatoms. The Morgan fingerprint density at radius 1 is 0.846 bits per heavy atom. The Morgan fingerprint density at radius 3 is 2.42 bits per heavy atom. The van der Waals surface area contributed by atoms with Gasteiger partial charge in [-0.15, -0.1) is 0 Å². The van der Waals surface area contributed by atoms with Crippen LogP contribution in [0.3, 0.4) is 0 Å². The van der Waals surface area contributed by atoms with Crippen molar-refractivity contribution in [3.8, 4) is 5.75 Å². The predicted molar refractivity (Wildman–Crippen MR) is 104 cm³/mol. The van der Waals surface area contributed by atoms with Crippen LogP contribution in [0.2, 0.25) is 0 Å². The Balaban J connectivity index is 1.27. The molecule has 3 saturated heterocycles. The molecule has 7 rings (SSSR count). The molecular formula is C22H25N3O. The number of para-hydroxylation sites is 1. The Labute approximate surface area is 155 Å². The number of fused-ring (bicyclic) bond motifs is 9. The van der Waals surface area contributed by atoms with Crippen LogP contribution < -0.4 is 14.5 Å². The van der Waals surface area contributed by atoms with Crippen molar-refractivity contribution in [1.82, 2.24) is 4.90 Å². The monoisotopic (exact) mass is 347 g/mol. The van der Waals surface area contributed by atoms with Crippen molar-refractivity contribution in [1.29, 1.82) is 0 Å². The van der Waals surface area contributed by atoms with E-state index < -0.39 is 0 Å². The first-order chi connectivity index (χ1) is 12.8. The molecule has 3 fully saturated rings. The zero-order valence-corrected chi connectivity index (χ0v) is 15.1. The molecule has 26 heavy (non-hydrogen) atoms. The number of nitrogens with zero attached hydrogens (tertiary/aromatic N) is 3. The quantitative estimate of drug-likeness (QED) is 0.828. The molecule has 0 aliphatic carbocycles. The van der Waals surface area contributed by atoms with Gasteiger partial charge in [0.25, 0.3) is 0 Å². The lowest BCUT2D eigenvalue weighted by Gasteiger charge is -2.45. The molecule has 0 radical (unpaired) electrons. The standard InChI is InChI=1S/C22H25N3O/c1-2-4-20-17(3-1)12-24-15-25(20)13-18-11-19(5-6-21(18)24)26-22-14-23-9-7-16(22)8-10-23/h1-6,11,16,22H,7-10,12-15H2/t22-/m0/s1. The number of anilines is 2. The van der Waals surface area contributed by atoms with Crippen molar-refractivity contribution in [2.75, 3.05) is 36.1 Å². The van der Waals surface area contributed by atoms with Crippen LogP contribution in [-0.2, 0) is 13.1 Å². The summed E-state index contributed by atoms with van der Waals surface area (Å²) in [4.78, 5) is 7.53. The van der Waals surface area contributed by atoms with E-state index in [0.29, 0.717) is 6.10 Å². The molecule has 0 aromatic heterocycles. The minimum absolute atomic E-state index is 0.375. The molecule has 4 nitrogen and oxygen atoms in total. The van der Waals surface area contributed by atoms with Gasteiger partial charge in [0.15, 0.2) is 0 Å². The van der Waals surface area contributed by atoms with Gasteiger partial charge in [-0.3, -0.25) is 4.90 Å². The van der Waals surface area contributed by atoms with Crippen LogP contribution in [-0.4, -0.2) is 37.3 Å². The second-order valence-corrected chi connectivity index (χ2v) is 8.25. The highest BCUT2D eigenvalue weighted by Gasteiger charge is 2.36. The molecule has 0 unspecified atom stereocenters. The third-order valence-corrected chi connectivity index (χ3v) is 6.67. The second kappa shape index (κ2) is 5.65. The molecule has 1 atom stereocenters. The normalized spacial score (nSPS) is 28.5. The summed E-state index contributed by atoms with van der Waals surface area (Å²) >= 11 is 0. The fourth-order valence-electron chi connectivity index (χ4n) is 5.28. The molecule has 0 amide bonds. The van der Waals surface area contributed by atoms with Gasteiger partial charge in [0.2, 0.25) is 0 Å². The summed E-state index contributed by atoms with van der Waals surface area (Å²) in [5.74, 6) is 1.80. The van der Waals surface area contributed by atoms with E-state index in [1.54, 1.807) is 0 Å². The molecule has 5 aliphatic rings. The zero-order chi connectivity index (χ0) is 17.1. The molecule has 5 heterocycles. The van der Waals surface area contributed by atoms with Gasteiger partial charge in [0.05, 0.1) is 6.67 Å². The molecular weight excluding hydrogens is 322 g/mol. The van der Waals surface area contributed by atoms with Gasteiger partial charge in [0, 0.05) is 31.0 Å². The largest absolute Gasteiger partial charge is 0.489 e. The fraction of sp³-hybridized carbons (Fsp3) is 0.455. The van der Waals surface area contributed by atoms with Crippen molar-refractivity contribution in [2.24, 2.45) is 5.92 Å². The molecule has 5 aliphatic heterocycles. The average molecular weight is 347 g/mol. The summed E-state index contributed by atoms with van der Waals surface area (Å²) in [6.45, 7) is 6.59. The Morgan fingerprint density at radius 2 is 1.62 bits per heavy atom. The maximum absolute atomic E-state index is 6.47. The van der Waals surface area contributed by atoms with Crippen LogP contribution in [0.4, 0.5) is 11.4 Å². The van der Waals surface area contributed by atoms with Gasteiger partial charge in [-0.05, 0) is 67.2 Å². The van der Waals surface area contributed by atoms with Crippen LogP contribution in [0.15, 0.2) is 42.5 Å². The van der Waals surface area contributed by atoms with E-state index in [0.717, 1.165) is 38.0 Å². The number of hydrogen-bond donors (Lipinski definition) is 0. The molecule has 4 bridgehead atoms. The number of rotatable bonds is 2. The van der Waals surface area contributed by atoms with Crippen LogP contribution in [0.1, 0.15) is 24.0 Å². The fourth-order valence-corrected chi connectivity index (χ4v) is 5.28. The smallest absolute Gasteiger partial charge is 0.120 e. The van der Waals surface area contributed by atoms with Gasteiger partial charge < -0.3 is 14.5 Å². The van der Waals surface area contributed by atoms with Gasteiger partial charge in [-0.1, -0.05) is 18.2 Å². The van der Waals surface area contributed by atoms with E-state index in [9.17, 15) is 0 Å². The van der Waals surface area contributed by atoms with Crippen molar-refractivity contribution >= 4 is 11.4 Å². The number of ether oxygens (including phenoxy) is 1. The van der Waals surface area contributed by atoms with Crippen molar-refractivity contribution in [3.05, 3.63) is 53.6 Å². The average Bonchev–Trinajstić information content (AvgIpc) is 2.69. The highest BCUT2D eigenvalue weighted by atomic mass is 16.5. The van der Waals surface area contributed by atoms with E-state index >= 15 is 0 Å². The van der Waals surface area contributed by atoms with Crippen molar-refractivity contribution < 1.29 is 4.74 Å². The zero-order valence-electron chi connectivity index (χ0n) is 15.1. The first-order valence-corrected chi connectivity index (χ1v) is 9.93. The SMILES string of the molecule is c1ccc2c(c1)CN1CN2Cc2cc(O[C@H]3CN4CCC3CC4)ccc21. The maximum Gasteiger partial charge on any atom is 0.120 e. The molecule has 2 aromatic rings. The molecule has 134 valence electrons. The lowest BCUT2D eigenvalue weighted by molar-refractivity contribution is -0.00778. The first kappa shape index (κ1) is 14.9. The van der Waals surface area contributed by atoms with Crippen LogP contribution in [0, 0.1) is 5.92 Å². The first-order valence-electron chi connectivity index (χ1n) is 9.93. The highest BCUT2D eigenvalue weighted by Crippen LogP contribution is 2.39. The summed E-state index contributed by atoms with van der Waals surface area (Å²) in [6, 6.07) is 15.6. The number of hydrogen-bond acceptors (Lipinski definition) is 4. The summed E-state index contributed by atoms with van der Waals surface area (Å²) in [5.41, 5.74) is 5.58. The minimum Gasteiger partial charge on any atom is -0.489 e. The van der Waals surface area contributed by atoms with Gasteiger partial charge in [0.1, 0.15) is 11.9 Å². The lowest BCUT2D eigenvalue weighted by atomic mass is 9.86. The van der Waals surface area contributed by atoms with E-state index in [2.05, 4.69) is 57.2 Å². The number of benzene rings is 2. The van der Waals surface area contributed by atoms with E-state index in [1.165, 1.54) is 48.4 Å². The number of piperidine rings is 3. The van der Waals surface area contributed by atoms with E-state index in [1.807, 2.05) is 0 Å². The van der Waals surface area contributed by atoms with E-state index in [-0.39, 0.29) is 0 Å². The van der Waals surface area contributed by atoms with Crippen LogP contribution in [0.5, 0.6) is 5.75 Å². The maximum atomic E-state index is 6.47. The summed E-state index contributed by atoms with van der Waals surface area (Å²) in [5, 5.41) is 0. The minimum atomic E-state index is 0.375. The third-order valence-electron chi connectivity index (χ3n) is 6.67. The molecule has 0 spiro atoms.